The third-order valence-electron chi connectivity index (χ3n) is 7.95. The van der Waals surface area contributed by atoms with Crippen molar-refractivity contribution in [3.63, 3.8) is 0 Å². The van der Waals surface area contributed by atoms with Gasteiger partial charge in [0.25, 0.3) is 5.91 Å². The van der Waals surface area contributed by atoms with Gasteiger partial charge in [0.2, 0.25) is 0 Å². The van der Waals surface area contributed by atoms with Crippen LogP contribution in [0.15, 0.2) is 72.8 Å². The monoisotopic (exact) mass is 693 g/mol. The standard InChI is InChI=1S/C32H33F6N3OS.2ClH/c33-31(34,35)27-19-26(20-28(21-27)32(36,37)38)30(42)41-12-11-40(10-4-3-9-39-13-15-43-16-14-39)22-29(41)18-23-7-8-24-5-1-2-6-25(24)17-23;;/h1-8,17,19-21,29H,9-16,18,22H2;2*1H/t29-;;/m1../s1. The van der Waals surface area contributed by atoms with E-state index >= 15 is 0 Å². The zero-order valence-electron chi connectivity index (χ0n) is 24.3. The molecule has 2 aliphatic rings. The van der Waals surface area contributed by atoms with Crippen molar-refractivity contribution in [2.45, 2.75) is 24.8 Å². The normalized spacial score (nSPS) is 18.5. The van der Waals surface area contributed by atoms with Crippen LogP contribution in [0.1, 0.15) is 27.0 Å². The van der Waals surface area contributed by atoms with Gasteiger partial charge in [-0.1, -0.05) is 54.6 Å². The highest BCUT2D eigenvalue weighted by molar-refractivity contribution is 7.99. The Kier molecular flexibility index (Phi) is 13.1. The zero-order valence-corrected chi connectivity index (χ0v) is 26.8. The Morgan fingerprint density at radius 2 is 1.36 bits per heavy atom. The van der Waals surface area contributed by atoms with Crippen molar-refractivity contribution >= 4 is 53.3 Å². The van der Waals surface area contributed by atoms with E-state index in [0.29, 0.717) is 38.2 Å². The summed E-state index contributed by atoms with van der Waals surface area (Å²) in [5.74, 6) is 1.41. The Morgan fingerprint density at radius 1 is 0.756 bits per heavy atom. The molecule has 2 heterocycles. The topological polar surface area (TPSA) is 26.8 Å². The number of halogens is 8. The maximum Gasteiger partial charge on any atom is 0.416 e. The van der Waals surface area contributed by atoms with E-state index in [0.717, 1.165) is 47.5 Å². The van der Waals surface area contributed by atoms with Gasteiger partial charge in [-0.05, 0) is 41.0 Å². The molecule has 0 saturated carbocycles. The number of hydrogen-bond donors (Lipinski definition) is 0. The SMILES string of the molecule is Cl.Cl.O=C(c1cc(C(F)(F)F)cc(C(F)(F)F)c1)N1CCN(CC=CCN2CCSCC2)C[C@H]1Cc1ccc2ccccc2c1. The summed E-state index contributed by atoms with van der Waals surface area (Å²) in [7, 11) is 0. The number of carbonyl (C=O) groups is 1. The van der Waals surface area contributed by atoms with Crippen LogP contribution in [0.2, 0.25) is 0 Å². The fraction of sp³-hybridized carbons (Fsp3) is 0.406. The lowest BCUT2D eigenvalue weighted by Crippen LogP contribution is -2.56. The number of carbonyl (C=O) groups excluding carboxylic acids is 1. The quantitative estimate of drug-likeness (QED) is 0.187. The van der Waals surface area contributed by atoms with Crippen molar-refractivity contribution < 1.29 is 31.1 Å². The fourth-order valence-corrected chi connectivity index (χ4v) is 6.62. The molecule has 246 valence electrons. The van der Waals surface area contributed by atoms with Gasteiger partial charge in [0.15, 0.2) is 0 Å². The molecule has 0 N–H and O–H groups in total. The summed E-state index contributed by atoms with van der Waals surface area (Å²) in [6, 6.07) is 14.4. The molecular weight excluding hydrogens is 659 g/mol. The minimum absolute atomic E-state index is 0. The molecule has 2 saturated heterocycles. The number of amides is 1. The lowest BCUT2D eigenvalue weighted by Gasteiger charge is -2.41. The van der Waals surface area contributed by atoms with Crippen LogP contribution in [0.25, 0.3) is 10.8 Å². The molecule has 0 bridgehead atoms. The van der Waals surface area contributed by atoms with E-state index in [9.17, 15) is 31.1 Å². The van der Waals surface area contributed by atoms with E-state index in [1.54, 1.807) is 0 Å². The van der Waals surface area contributed by atoms with Crippen molar-refractivity contribution in [2.24, 2.45) is 0 Å². The molecule has 1 atom stereocenters. The van der Waals surface area contributed by atoms with Crippen LogP contribution in [-0.2, 0) is 18.8 Å². The number of hydrogen-bond acceptors (Lipinski definition) is 4. The molecule has 5 rings (SSSR count). The lowest BCUT2D eigenvalue weighted by molar-refractivity contribution is -0.143. The molecule has 0 aliphatic carbocycles. The first kappa shape index (κ1) is 37.0. The predicted octanol–water partition coefficient (Wildman–Crippen LogP) is 7.70. The second-order valence-corrected chi connectivity index (χ2v) is 12.2. The molecule has 4 nitrogen and oxygen atoms in total. The Hall–Kier alpha value is -2.44. The van der Waals surface area contributed by atoms with E-state index in [2.05, 4.69) is 22.0 Å². The molecule has 3 aromatic rings. The first-order chi connectivity index (χ1) is 20.5. The van der Waals surface area contributed by atoms with E-state index in [4.69, 9.17) is 0 Å². The van der Waals surface area contributed by atoms with Gasteiger partial charge in [-0.3, -0.25) is 14.6 Å². The zero-order chi connectivity index (χ0) is 30.6. The number of thioether (sulfide) groups is 1. The van der Waals surface area contributed by atoms with Crippen LogP contribution in [0.4, 0.5) is 26.3 Å². The summed E-state index contributed by atoms with van der Waals surface area (Å²) < 4.78 is 81.3. The van der Waals surface area contributed by atoms with Crippen LogP contribution < -0.4 is 0 Å². The van der Waals surface area contributed by atoms with Crippen molar-refractivity contribution in [1.82, 2.24) is 14.7 Å². The van der Waals surface area contributed by atoms with E-state index in [-0.39, 0.29) is 37.4 Å². The molecule has 45 heavy (non-hydrogen) atoms. The molecular formula is C32H35Cl2F6N3OS. The molecule has 2 aliphatic heterocycles. The molecule has 3 aromatic carbocycles. The van der Waals surface area contributed by atoms with Crippen molar-refractivity contribution in [3.8, 4) is 0 Å². The van der Waals surface area contributed by atoms with Gasteiger partial charge in [-0.15, -0.1) is 24.8 Å². The summed E-state index contributed by atoms with van der Waals surface area (Å²) in [5.41, 5.74) is -2.67. The third kappa shape index (κ3) is 9.78. The first-order valence-electron chi connectivity index (χ1n) is 14.2. The Morgan fingerprint density at radius 3 is 1.98 bits per heavy atom. The largest absolute Gasteiger partial charge is 0.416 e. The number of fused-ring (bicyclic) bond motifs is 1. The predicted molar refractivity (Wildman–Crippen MR) is 173 cm³/mol. The third-order valence-corrected chi connectivity index (χ3v) is 8.89. The number of benzene rings is 3. The van der Waals surface area contributed by atoms with Gasteiger partial charge in [0.05, 0.1) is 11.1 Å². The van der Waals surface area contributed by atoms with Gasteiger partial charge >= 0.3 is 12.4 Å². The highest BCUT2D eigenvalue weighted by atomic mass is 35.5. The summed E-state index contributed by atoms with van der Waals surface area (Å²) in [6.45, 7) is 4.68. The van der Waals surface area contributed by atoms with Crippen LogP contribution in [-0.4, -0.2) is 84.0 Å². The second kappa shape index (κ2) is 15.9. The van der Waals surface area contributed by atoms with Gasteiger partial charge < -0.3 is 4.90 Å². The van der Waals surface area contributed by atoms with Crippen LogP contribution >= 0.6 is 36.6 Å². The maximum atomic E-state index is 13.7. The number of alkyl halides is 6. The van der Waals surface area contributed by atoms with E-state index in [1.807, 2.05) is 54.2 Å². The minimum Gasteiger partial charge on any atom is -0.333 e. The van der Waals surface area contributed by atoms with E-state index < -0.39 is 41.0 Å². The first-order valence-corrected chi connectivity index (χ1v) is 15.4. The highest BCUT2D eigenvalue weighted by Crippen LogP contribution is 2.37. The van der Waals surface area contributed by atoms with Gasteiger partial charge in [0, 0.05) is 68.9 Å². The summed E-state index contributed by atoms with van der Waals surface area (Å²) in [6.07, 6.45) is -5.42. The fourth-order valence-electron chi connectivity index (χ4n) is 5.64. The van der Waals surface area contributed by atoms with Crippen LogP contribution in [0.3, 0.4) is 0 Å². The molecule has 0 radical (unpaired) electrons. The van der Waals surface area contributed by atoms with Gasteiger partial charge in [-0.25, -0.2) is 0 Å². The minimum atomic E-state index is -5.03. The smallest absolute Gasteiger partial charge is 0.333 e. The Bertz CT molecular complexity index is 1430. The summed E-state index contributed by atoms with van der Waals surface area (Å²) in [5, 5.41) is 2.06. The Balaban J connectivity index is 0.00000276. The van der Waals surface area contributed by atoms with Gasteiger partial charge in [0.1, 0.15) is 0 Å². The molecule has 2 fully saturated rings. The second-order valence-electron chi connectivity index (χ2n) is 11.0. The summed E-state index contributed by atoms with van der Waals surface area (Å²) in [4.78, 5) is 19.7. The molecule has 0 spiro atoms. The highest BCUT2D eigenvalue weighted by Gasteiger charge is 2.39. The number of nitrogens with zero attached hydrogens (tertiary/aromatic N) is 3. The van der Waals surface area contributed by atoms with Crippen molar-refractivity contribution in [2.75, 3.05) is 57.3 Å². The summed E-state index contributed by atoms with van der Waals surface area (Å²) >= 11 is 1.95. The van der Waals surface area contributed by atoms with Crippen LogP contribution in [0.5, 0.6) is 0 Å². The molecule has 0 unspecified atom stereocenters. The Labute approximate surface area is 275 Å². The average Bonchev–Trinajstić information content (AvgIpc) is 2.98. The number of piperazine rings is 1. The number of rotatable bonds is 7. The molecule has 0 aromatic heterocycles. The molecule has 1 amide bonds. The van der Waals surface area contributed by atoms with Gasteiger partial charge in [-0.2, -0.15) is 38.1 Å². The van der Waals surface area contributed by atoms with E-state index in [1.165, 1.54) is 4.90 Å². The van der Waals surface area contributed by atoms with Crippen molar-refractivity contribution in [3.05, 3.63) is 95.1 Å². The average molecular weight is 695 g/mol. The van der Waals surface area contributed by atoms with Crippen molar-refractivity contribution in [1.29, 1.82) is 0 Å². The molecule has 13 heteroatoms. The lowest BCUT2D eigenvalue weighted by atomic mass is 9.97. The van der Waals surface area contributed by atoms with Crippen LogP contribution in [0, 0.1) is 0 Å². The maximum absolute atomic E-state index is 13.7.